The zero-order chi connectivity index (χ0) is 24.2. The number of hydrogen-bond donors (Lipinski definition) is 0. The van der Waals surface area contributed by atoms with Crippen LogP contribution in [0.15, 0.2) is 24.3 Å². The van der Waals surface area contributed by atoms with Gasteiger partial charge in [-0.15, -0.1) is 0 Å². The molecule has 4 atom stereocenters. The first-order valence-electron chi connectivity index (χ1n) is 12.5. The number of esters is 1. The van der Waals surface area contributed by atoms with E-state index in [-0.39, 0.29) is 35.8 Å². The van der Waals surface area contributed by atoms with Crippen molar-refractivity contribution in [3.63, 3.8) is 0 Å². The predicted octanol–water partition coefficient (Wildman–Crippen LogP) is 4.64. The SMILES string of the molecule is CCOC(=O)C1CCC2C(CC[C@@H]3c4c(c5ccccc5n4C(=O)OC(C)(C)C)CCN23)C1=O. The normalized spacial score (nSPS) is 27.0. The quantitative estimate of drug-likeness (QED) is 0.474. The second-order valence-electron chi connectivity index (χ2n) is 10.7. The molecule has 5 rings (SSSR count). The van der Waals surface area contributed by atoms with Gasteiger partial charge in [-0.25, -0.2) is 9.36 Å². The van der Waals surface area contributed by atoms with E-state index in [1.54, 1.807) is 11.5 Å². The van der Waals surface area contributed by atoms with E-state index >= 15 is 0 Å². The minimum absolute atomic E-state index is 0.0339. The van der Waals surface area contributed by atoms with Gasteiger partial charge >= 0.3 is 12.1 Å². The van der Waals surface area contributed by atoms with Gasteiger partial charge in [0.05, 0.1) is 23.9 Å². The molecule has 0 spiro atoms. The summed E-state index contributed by atoms with van der Waals surface area (Å²) in [6, 6.07) is 8.19. The molecule has 0 radical (unpaired) electrons. The molecule has 1 saturated carbocycles. The summed E-state index contributed by atoms with van der Waals surface area (Å²) in [5, 5.41) is 1.10. The molecule has 1 aromatic heterocycles. The summed E-state index contributed by atoms with van der Waals surface area (Å²) < 4.78 is 12.8. The van der Waals surface area contributed by atoms with Gasteiger partial charge in [0.25, 0.3) is 0 Å². The summed E-state index contributed by atoms with van der Waals surface area (Å²) in [6.07, 6.45) is 3.28. The smallest absolute Gasteiger partial charge is 0.419 e. The Kier molecular flexibility index (Phi) is 5.79. The van der Waals surface area contributed by atoms with Crippen LogP contribution in [0.3, 0.4) is 0 Å². The molecular formula is C27H34N2O5. The Morgan fingerprint density at radius 1 is 1.09 bits per heavy atom. The summed E-state index contributed by atoms with van der Waals surface area (Å²) in [5.74, 6) is -1.13. The number of aromatic nitrogens is 1. The van der Waals surface area contributed by atoms with Crippen molar-refractivity contribution >= 4 is 28.7 Å². The fourth-order valence-corrected chi connectivity index (χ4v) is 6.37. The summed E-state index contributed by atoms with van der Waals surface area (Å²) in [5.41, 5.74) is 2.51. The van der Waals surface area contributed by atoms with E-state index in [1.165, 1.54) is 5.56 Å². The average Bonchev–Trinajstić information content (AvgIpc) is 3.13. The molecular weight excluding hydrogens is 432 g/mol. The zero-order valence-electron chi connectivity index (χ0n) is 20.5. The highest BCUT2D eigenvalue weighted by atomic mass is 16.6. The largest absolute Gasteiger partial charge is 0.465 e. The van der Waals surface area contributed by atoms with Crippen molar-refractivity contribution in [2.45, 2.75) is 77.5 Å². The topological polar surface area (TPSA) is 77.8 Å². The fraction of sp³-hybridized carbons (Fsp3) is 0.593. The second-order valence-corrected chi connectivity index (χ2v) is 10.7. The maximum Gasteiger partial charge on any atom is 0.419 e. The number of Topliss-reactive ketones (excluding diaryl/α,β-unsaturated/α-hetero) is 1. The molecule has 34 heavy (non-hydrogen) atoms. The van der Waals surface area contributed by atoms with Gasteiger partial charge in [-0.05, 0) is 71.4 Å². The van der Waals surface area contributed by atoms with Crippen LogP contribution in [-0.2, 0) is 25.5 Å². The minimum atomic E-state index is -0.633. The van der Waals surface area contributed by atoms with Gasteiger partial charge in [0.1, 0.15) is 11.5 Å². The highest BCUT2D eigenvalue weighted by molar-refractivity contribution is 6.01. The van der Waals surface area contributed by atoms with E-state index in [9.17, 15) is 14.4 Å². The van der Waals surface area contributed by atoms with Gasteiger partial charge in [-0.3, -0.25) is 14.5 Å². The lowest BCUT2D eigenvalue weighted by Gasteiger charge is -2.50. The standard InChI is InChI=1S/C27H34N2O5/c1-5-33-25(31)19-11-12-20-18(24(19)30)10-13-22-23-17(14-15-28(20)22)16-8-6-7-9-21(16)29(23)26(32)34-27(2,3)4/h6-9,18-20,22H,5,10-15H2,1-4H3/t18?,19?,20?,22-/m1/s1. The Labute approximate surface area is 200 Å². The molecule has 2 aliphatic heterocycles. The highest BCUT2D eigenvalue weighted by Gasteiger charge is 2.50. The molecule has 2 fully saturated rings. The first kappa shape index (κ1) is 23.1. The molecule has 2 aromatic rings. The molecule has 7 nitrogen and oxygen atoms in total. The van der Waals surface area contributed by atoms with Crippen molar-refractivity contribution in [2.75, 3.05) is 13.2 Å². The number of carbonyl (C=O) groups is 3. The maximum absolute atomic E-state index is 13.4. The van der Waals surface area contributed by atoms with Crippen LogP contribution in [0.5, 0.6) is 0 Å². The van der Waals surface area contributed by atoms with Gasteiger partial charge in [0, 0.05) is 23.9 Å². The highest BCUT2D eigenvalue weighted by Crippen LogP contribution is 2.48. The Morgan fingerprint density at radius 3 is 2.59 bits per heavy atom. The Balaban J connectivity index is 1.51. The van der Waals surface area contributed by atoms with Crippen molar-refractivity contribution < 1.29 is 23.9 Å². The van der Waals surface area contributed by atoms with Crippen LogP contribution >= 0.6 is 0 Å². The van der Waals surface area contributed by atoms with E-state index in [0.29, 0.717) is 13.0 Å². The lowest BCUT2D eigenvalue weighted by Crippen LogP contribution is -2.56. The van der Waals surface area contributed by atoms with Crippen LogP contribution in [0.4, 0.5) is 4.79 Å². The number of para-hydroxylation sites is 1. The van der Waals surface area contributed by atoms with Crippen molar-refractivity contribution in [3.05, 3.63) is 35.5 Å². The number of benzene rings is 1. The van der Waals surface area contributed by atoms with Gasteiger partial charge in [-0.1, -0.05) is 18.2 Å². The third-order valence-electron chi connectivity index (χ3n) is 7.60. The summed E-state index contributed by atoms with van der Waals surface area (Å²) in [7, 11) is 0. The van der Waals surface area contributed by atoms with Gasteiger partial charge in [0.2, 0.25) is 0 Å². The first-order chi connectivity index (χ1) is 16.2. The number of fused-ring (bicyclic) bond motifs is 7. The Bertz CT molecular complexity index is 1140. The Morgan fingerprint density at radius 2 is 1.85 bits per heavy atom. The molecule has 1 aromatic carbocycles. The van der Waals surface area contributed by atoms with Crippen LogP contribution in [-0.4, -0.2) is 52.1 Å². The number of hydrogen-bond acceptors (Lipinski definition) is 6. The monoisotopic (exact) mass is 466 g/mol. The molecule has 1 aliphatic carbocycles. The lowest BCUT2D eigenvalue weighted by molar-refractivity contribution is -0.157. The number of nitrogens with zero attached hydrogens (tertiary/aromatic N) is 2. The van der Waals surface area contributed by atoms with Crippen LogP contribution in [0, 0.1) is 11.8 Å². The average molecular weight is 467 g/mol. The number of ketones is 1. The summed E-state index contributed by atoms with van der Waals surface area (Å²) in [6.45, 7) is 8.56. The predicted molar refractivity (Wildman–Crippen MR) is 128 cm³/mol. The van der Waals surface area contributed by atoms with Gasteiger partial charge < -0.3 is 9.47 Å². The third-order valence-corrected chi connectivity index (χ3v) is 7.60. The molecule has 1 saturated heterocycles. The first-order valence-corrected chi connectivity index (χ1v) is 12.5. The van der Waals surface area contributed by atoms with Crippen molar-refractivity contribution in [2.24, 2.45) is 11.8 Å². The minimum Gasteiger partial charge on any atom is -0.465 e. The fourth-order valence-electron chi connectivity index (χ4n) is 6.37. The molecule has 7 heteroatoms. The van der Waals surface area contributed by atoms with Crippen molar-refractivity contribution in [3.8, 4) is 0 Å². The van der Waals surface area contributed by atoms with E-state index in [0.717, 1.165) is 48.8 Å². The van der Waals surface area contributed by atoms with Crippen LogP contribution in [0.2, 0.25) is 0 Å². The molecule has 0 amide bonds. The van der Waals surface area contributed by atoms with Crippen molar-refractivity contribution in [1.29, 1.82) is 0 Å². The number of carbonyl (C=O) groups excluding carboxylic acids is 3. The van der Waals surface area contributed by atoms with Gasteiger partial charge in [-0.2, -0.15) is 0 Å². The maximum atomic E-state index is 13.4. The van der Waals surface area contributed by atoms with E-state index in [4.69, 9.17) is 9.47 Å². The van der Waals surface area contributed by atoms with Crippen molar-refractivity contribution in [1.82, 2.24) is 9.47 Å². The molecule has 3 unspecified atom stereocenters. The molecule has 0 bridgehead atoms. The number of rotatable bonds is 2. The van der Waals surface area contributed by atoms with E-state index in [1.807, 2.05) is 39.0 Å². The third kappa shape index (κ3) is 3.74. The molecule has 0 N–H and O–H groups in total. The van der Waals surface area contributed by atoms with E-state index < -0.39 is 11.5 Å². The van der Waals surface area contributed by atoms with Gasteiger partial charge in [0.15, 0.2) is 5.78 Å². The summed E-state index contributed by atoms with van der Waals surface area (Å²) >= 11 is 0. The molecule has 182 valence electrons. The van der Waals surface area contributed by atoms with E-state index in [2.05, 4.69) is 11.0 Å². The number of piperidine rings is 1. The second kappa shape index (κ2) is 8.52. The molecule has 3 aliphatic rings. The van der Waals surface area contributed by atoms with Crippen LogP contribution in [0.1, 0.15) is 70.7 Å². The summed E-state index contributed by atoms with van der Waals surface area (Å²) in [4.78, 5) is 41.5. The van der Waals surface area contributed by atoms with Crippen LogP contribution < -0.4 is 0 Å². The lowest BCUT2D eigenvalue weighted by atomic mass is 9.70. The number of ether oxygens (including phenoxy) is 2. The van der Waals surface area contributed by atoms with Crippen LogP contribution in [0.25, 0.3) is 10.9 Å². The Hall–Kier alpha value is -2.67. The zero-order valence-corrected chi connectivity index (χ0v) is 20.5. The molecule has 3 heterocycles.